The van der Waals surface area contributed by atoms with Crippen molar-refractivity contribution in [1.29, 1.82) is 0 Å². The molecule has 6 aromatic rings. The standard InChI is InChI=1S/2C13H11S.C3H7.Si.Zr/c2*1-8-7-11-10-5-3-4-6-12(10)14-13(11)9(8)2;1-3-2;;/h2*3-7H,1-2H3;1,3H2,2H3;;/q3*-1;;. The Labute approximate surface area is 222 Å². The molecule has 0 aliphatic heterocycles. The summed E-state index contributed by atoms with van der Waals surface area (Å²) in [7, 11) is 0. The predicted molar refractivity (Wildman–Crippen MR) is 150 cm³/mol. The summed E-state index contributed by atoms with van der Waals surface area (Å²) in [6, 6.07) is 21.9. The molecule has 0 saturated carbocycles. The van der Waals surface area contributed by atoms with E-state index in [0.29, 0.717) is 0 Å². The average Bonchev–Trinajstić information content (AvgIpc) is 3.53. The molecule has 0 N–H and O–H groups in total. The molecule has 2 aromatic heterocycles. The number of benzene rings is 2. The van der Waals surface area contributed by atoms with Gasteiger partial charge in [-0.2, -0.15) is 6.42 Å². The van der Waals surface area contributed by atoms with Gasteiger partial charge < -0.3 is 6.92 Å². The summed E-state index contributed by atoms with van der Waals surface area (Å²) in [5.41, 5.74) is 5.72. The molecule has 0 amide bonds. The van der Waals surface area contributed by atoms with Crippen molar-refractivity contribution in [3.8, 4) is 0 Å². The van der Waals surface area contributed by atoms with E-state index >= 15 is 0 Å². The first kappa shape index (κ1) is 26.3. The second kappa shape index (κ2) is 11.9. The minimum atomic E-state index is 1.00. The first-order chi connectivity index (χ1) is 16.0. The van der Waals surface area contributed by atoms with Crippen molar-refractivity contribution in [2.45, 2.75) is 41.0 Å². The third-order valence-electron chi connectivity index (χ3n) is 5.85. The van der Waals surface area contributed by atoms with Crippen LogP contribution in [0.1, 0.15) is 35.6 Å². The third kappa shape index (κ3) is 5.35. The summed E-state index contributed by atoms with van der Waals surface area (Å²) in [4.78, 5) is 0. The van der Waals surface area contributed by atoms with Crippen LogP contribution in [0.3, 0.4) is 0 Å². The van der Waals surface area contributed by atoms with Crippen LogP contribution >= 0.6 is 22.7 Å². The minimum absolute atomic E-state index is 1.00. The number of hydrogen-bond donors (Lipinski definition) is 0. The monoisotopic (exact) mass is 559 g/mol. The molecule has 0 fully saturated rings. The van der Waals surface area contributed by atoms with E-state index in [9.17, 15) is 0 Å². The average molecular weight is 561 g/mol. The van der Waals surface area contributed by atoms with E-state index < -0.39 is 0 Å². The number of rotatable bonds is 0. The van der Waals surface area contributed by atoms with Crippen LogP contribution in [0.25, 0.3) is 40.3 Å². The van der Waals surface area contributed by atoms with Crippen LogP contribution < -0.4 is 0 Å². The van der Waals surface area contributed by atoms with Gasteiger partial charge in [-0.3, -0.25) is 0 Å². The van der Waals surface area contributed by atoms with E-state index in [-0.39, 0.29) is 0 Å². The molecule has 4 heteroatoms. The van der Waals surface area contributed by atoms with Crippen molar-refractivity contribution in [2.24, 2.45) is 0 Å². The topological polar surface area (TPSA) is 0 Å². The summed E-state index contributed by atoms with van der Waals surface area (Å²) < 4.78 is 5.73. The van der Waals surface area contributed by atoms with Gasteiger partial charge in [0.05, 0.1) is 0 Å². The fraction of sp³-hybridized carbons (Fsp3) is 0.207. The van der Waals surface area contributed by atoms with Crippen LogP contribution in [0.4, 0.5) is 0 Å². The fourth-order valence-corrected chi connectivity index (χ4v) is 6.48. The Kier molecular flexibility index (Phi) is 9.47. The number of aryl methyl sites for hydroxylation is 4. The summed E-state index contributed by atoms with van der Waals surface area (Å²) >= 11 is 5.17. The van der Waals surface area contributed by atoms with Gasteiger partial charge in [0.1, 0.15) is 0 Å². The van der Waals surface area contributed by atoms with Gasteiger partial charge in [-0.25, -0.2) is 22.7 Å². The van der Waals surface area contributed by atoms with E-state index in [1.165, 1.54) is 85.9 Å². The van der Waals surface area contributed by atoms with E-state index in [1.807, 2.05) is 29.6 Å². The second-order valence-electron chi connectivity index (χ2n) is 8.09. The van der Waals surface area contributed by atoms with Crippen molar-refractivity contribution in [3.63, 3.8) is 0 Å². The Morgan fingerprint density at radius 3 is 1.42 bits per heavy atom. The van der Waals surface area contributed by atoms with Gasteiger partial charge in [-0.1, -0.05) is 103 Å². The Morgan fingerprint density at radius 1 is 0.727 bits per heavy atom. The summed E-state index contributed by atoms with van der Waals surface area (Å²) in [6.07, 6.45) is 1.00. The maximum atomic E-state index is 3.49. The van der Waals surface area contributed by atoms with Crippen molar-refractivity contribution >= 4 is 69.9 Å². The van der Waals surface area contributed by atoms with Gasteiger partial charge in [0.15, 0.2) is 0 Å². The van der Waals surface area contributed by atoms with E-state index in [4.69, 9.17) is 0 Å². The molecule has 6 rings (SSSR count). The van der Waals surface area contributed by atoms with Crippen LogP contribution in [-0.2, 0) is 23.3 Å². The number of fused-ring (bicyclic) bond motifs is 6. The summed E-state index contributed by atoms with van der Waals surface area (Å²) in [6.45, 7) is 17.4. The first-order valence-corrected chi connectivity index (χ1v) is 16.9. The molecule has 0 nitrogen and oxygen atoms in total. The van der Waals surface area contributed by atoms with Crippen LogP contribution in [0.2, 0.25) is 0 Å². The molecule has 2 heterocycles. The molecular weight excluding hydrogens is 532 g/mol. The molecule has 168 valence electrons. The van der Waals surface area contributed by atoms with Crippen LogP contribution in [0.5, 0.6) is 0 Å². The van der Waals surface area contributed by atoms with Gasteiger partial charge in [0.25, 0.3) is 0 Å². The maximum absolute atomic E-state index is 3.49. The molecule has 0 atom stereocenters. The molecular formula is C29H29S2SiZr-3. The van der Waals surface area contributed by atoms with Crippen LogP contribution in [-0.4, -0.2) is 6.88 Å². The molecule has 33 heavy (non-hydrogen) atoms. The quantitative estimate of drug-likeness (QED) is 0.128. The summed E-state index contributed by atoms with van der Waals surface area (Å²) in [5, 5.41) is 5.67. The molecule has 0 saturated heterocycles. The normalized spacial score (nSPS) is 10.5. The van der Waals surface area contributed by atoms with Crippen molar-refractivity contribution in [3.05, 3.63) is 89.8 Å². The third-order valence-corrected chi connectivity index (χ3v) is 8.47. The van der Waals surface area contributed by atoms with Crippen molar-refractivity contribution < 1.29 is 23.3 Å². The fourth-order valence-electron chi connectivity index (χ4n) is 3.98. The Balaban J connectivity index is 0.000000156. The Hall–Kier alpha value is -1.32. The zero-order chi connectivity index (χ0) is 24.1. The van der Waals surface area contributed by atoms with Crippen LogP contribution in [0.15, 0.2) is 60.7 Å². The number of thiophene rings is 2. The van der Waals surface area contributed by atoms with E-state index in [1.54, 1.807) is 0 Å². The van der Waals surface area contributed by atoms with E-state index in [0.717, 1.165) is 6.42 Å². The molecule has 0 spiro atoms. The Bertz CT molecular complexity index is 1380. The second-order valence-corrected chi connectivity index (χ2v) is 10.2. The predicted octanol–water partition coefficient (Wildman–Crippen LogP) is 9.63. The van der Waals surface area contributed by atoms with E-state index in [2.05, 4.69) is 102 Å². The molecule has 0 unspecified atom stereocenters. The van der Waals surface area contributed by atoms with Gasteiger partial charge in [0, 0.05) is 0 Å². The molecule has 0 aliphatic rings. The van der Waals surface area contributed by atoms with Gasteiger partial charge in [-0.15, -0.1) is 45.2 Å². The molecule has 0 bridgehead atoms. The van der Waals surface area contributed by atoms with Crippen molar-refractivity contribution in [2.75, 3.05) is 0 Å². The molecule has 2 radical (unpaired) electrons. The van der Waals surface area contributed by atoms with Gasteiger partial charge in [0.2, 0.25) is 0 Å². The zero-order valence-corrected chi connectivity index (χ0v) is 25.1. The van der Waals surface area contributed by atoms with Crippen LogP contribution in [0, 0.1) is 34.6 Å². The van der Waals surface area contributed by atoms with Crippen molar-refractivity contribution in [1.82, 2.24) is 0 Å². The molecule has 4 aromatic carbocycles. The SMILES string of the molecule is Cc1[cH-]c2c(sc3ccccc32)c1C.Cc1[cH-]c2c(sc3ccccc32)c1C.[CH2-]CC.[Si]=[Zr]. The Morgan fingerprint density at radius 2 is 1.06 bits per heavy atom. The first-order valence-electron chi connectivity index (χ1n) is 11.1. The van der Waals surface area contributed by atoms with Gasteiger partial charge >= 0.3 is 30.2 Å². The zero-order valence-electron chi connectivity index (χ0n) is 20.0. The van der Waals surface area contributed by atoms with Gasteiger partial charge in [-0.05, 0) is 9.40 Å². The number of hydrogen-bond acceptors (Lipinski definition) is 2. The summed E-state index contributed by atoms with van der Waals surface area (Å²) in [5.74, 6) is 0. The molecule has 0 aliphatic carbocycles.